The van der Waals surface area contributed by atoms with E-state index in [-0.39, 0.29) is 0 Å². The third-order valence-electron chi connectivity index (χ3n) is 2.29. The van der Waals surface area contributed by atoms with Crippen LogP contribution in [0.15, 0.2) is 24.3 Å². The summed E-state index contributed by atoms with van der Waals surface area (Å²) in [6, 6.07) is 2.65. The highest BCUT2D eigenvalue weighted by Gasteiger charge is 2.09. The molecule has 94 valence electrons. The number of rotatable bonds is 7. The van der Waals surface area contributed by atoms with Gasteiger partial charge in [0.2, 0.25) is 0 Å². The fraction of sp³-hybridized carbons (Fsp3) is 0.714. The topological polar surface area (TPSA) is 0 Å². The number of allylic oxidation sites excluding steroid dienone is 4. The summed E-state index contributed by atoms with van der Waals surface area (Å²) in [5.41, 5.74) is 0. The van der Waals surface area contributed by atoms with Crippen molar-refractivity contribution >= 4 is 16.1 Å². The molecule has 0 spiro atoms. The van der Waals surface area contributed by atoms with Gasteiger partial charge in [0, 0.05) is 16.1 Å². The second-order valence-corrected chi connectivity index (χ2v) is 18.1. The first-order valence-electron chi connectivity index (χ1n) is 6.51. The molecule has 0 rings (SSSR count). The molecule has 16 heavy (non-hydrogen) atoms. The Morgan fingerprint density at radius 1 is 0.562 bits per heavy atom. The van der Waals surface area contributed by atoms with Gasteiger partial charge < -0.3 is 0 Å². The summed E-state index contributed by atoms with van der Waals surface area (Å²) < 4.78 is 0. The van der Waals surface area contributed by atoms with E-state index in [1.165, 1.54) is 24.9 Å². The lowest BCUT2D eigenvalue weighted by Crippen LogP contribution is -2.17. The minimum atomic E-state index is -0.857. The maximum Gasteiger partial charge on any atom is 0.0480 e. The third kappa shape index (κ3) is 13.9. The molecule has 0 radical (unpaired) electrons. The Balaban J connectivity index is 3.54. The van der Waals surface area contributed by atoms with Gasteiger partial charge in [0.05, 0.1) is 0 Å². The molecule has 0 aromatic carbocycles. The van der Waals surface area contributed by atoms with Crippen LogP contribution < -0.4 is 0 Å². The summed E-state index contributed by atoms with van der Waals surface area (Å²) >= 11 is 0. The van der Waals surface area contributed by atoms with Gasteiger partial charge in [-0.05, 0) is 24.9 Å². The van der Waals surface area contributed by atoms with E-state index in [4.69, 9.17) is 0 Å². The fourth-order valence-electron chi connectivity index (χ4n) is 1.30. The molecule has 0 aromatic heterocycles. The van der Waals surface area contributed by atoms with Crippen LogP contribution in [0.5, 0.6) is 0 Å². The van der Waals surface area contributed by atoms with Crippen molar-refractivity contribution in [3.05, 3.63) is 24.3 Å². The standard InChI is InChI=1S/C14H30Si2/c1-15(2,3)13-11-9-7-8-10-12-14-16(4,5)6/h9-12H,7-8,13-14H2,1-6H3. The minimum absolute atomic E-state index is 0.857. The van der Waals surface area contributed by atoms with Crippen molar-refractivity contribution in [2.45, 2.75) is 64.2 Å². The van der Waals surface area contributed by atoms with E-state index in [0.717, 1.165) is 0 Å². The average molecular weight is 255 g/mol. The van der Waals surface area contributed by atoms with E-state index in [9.17, 15) is 0 Å². The largest absolute Gasteiger partial charge is 0.0912 e. The monoisotopic (exact) mass is 254 g/mol. The van der Waals surface area contributed by atoms with Crippen molar-refractivity contribution in [3.63, 3.8) is 0 Å². The predicted molar refractivity (Wildman–Crippen MR) is 83.8 cm³/mol. The first-order valence-corrected chi connectivity index (χ1v) is 13.9. The second kappa shape index (κ2) is 7.28. The smallest absolute Gasteiger partial charge is 0.0480 e. The van der Waals surface area contributed by atoms with E-state index in [2.05, 4.69) is 63.6 Å². The Bertz CT molecular complexity index is 200. The summed E-state index contributed by atoms with van der Waals surface area (Å²) in [5, 5.41) is 0. The van der Waals surface area contributed by atoms with Crippen LogP contribution in [-0.2, 0) is 0 Å². The number of unbranched alkanes of at least 4 members (excludes halogenated alkanes) is 1. The van der Waals surface area contributed by atoms with Gasteiger partial charge >= 0.3 is 0 Å². The van der Waals surface area contributed by atoms with E-state index in [0.29, 0.717) is 0 Å². The highest BCUT2D eigenvalue weighted by molar-refractivity contribution is 6.76. The zero-order chi connectivity index (χ0) is 12.7. The summed E-state index contributed by atoms with van der Waals surface area (Å²) in [4.78, 5) is 0. The Morgan fingerprint density at radius 3 is 1.12 bits per heavy atom. The first kappa shape index (κ1) is 15.9. The van der Waals surface area contributed by atoms with E-state index >= 15 is 0 Å². The molecule has 0 fully saturated rings. The zero-order valence-electron chi connectivity index (χ0n) is 12.1. The fourth-order valence-corrected chi connectivity index (χ4v) is 3.05. The van der Waals surface area contributed by atoms with Crippen LogP contribution >= 0.6 is 0 Å². The van der Waals surface area contributed by atoms with Gasteiger partial charge in [-0.3, -0.25) is 0 Å². The average Bonchev–Trinajstić information content (AvgIpc) is 2.06. The number of hydrogen-bond acceptors (Lipinski definition) is 0. The van der Waals surface area contributed by atoms with Crippen LogP contribution in [0.25, 0.3) is 0 Å². The van der Waals surface area contributed by atoms with Crippen LogP contribution in [0.1, 0.15) is 12.8 Å². The summed E-state index contributed by atoms with van der Waals surface area (Å²) in [6.45, 7) is 14.5. The lowest BCUT2D eigenvalue weighted by molar-refractivity contribution is 1.04. The highest BCUT2D eigenvalue weighted by Crippen LogP contribution is 2.10. The number of hydrogen-bond donors (Lipinski definition) is 0. The molecule has 0 saturated heterocycles. The maximum absolute atomic E-state index is 2.42. The van der Waals surface area contributed by atoms with Gasteiger partial charge in [-0.25, -0.2) is 0 Å². The normalized spacial score (nSPS) is 14.1. The van der Waals surface area contributed by atoms with Gasteiger partial charge in [0.15, 0.2) is 0 Å². The Labute approximate surface area is 105 Å². The van der Waals surface area contributed by atoms with Gasteiger partial charge in [0.25, 0.3) is 0 Å². The molecule has 2 heteroatoms. The Morgan fingerprint density at radius 2 is 0.875 bits per heavy atom. The van der Waals surface area contributed by atoms with E-state index in [1.807, 2.05) is 0 Å². The molecular formula is C14H30Si2. The van der Waals surface area contributed by atoms with Gasteiger partial charge in [-0.15, -0.1) is 0 Å². The lowest BCUT2D eigenvalue weighted by atomic mass is 10.3. The summed E-state index contributed by atoms with van der Waals surface area (Å²) in [7, 11) is -1.71. The van der Waals surface area contributed by atoms with Crippen LogP contribution in [0.4, 0.5) is 0 Å². The van der Waals surface area contributed by atoms with Crippen molar-refractivity contribution in [3.8, 4) is 0 Å². The second-order valence-electron chi connectivity index (χ2n) is 7.05. The van der Waals surface area contributed by atoms with E-state index < -0.39 is 16.1 Å². The third-order valence-corrected chi connectivity index (χ3v) is 5.21. The molecule has 0 unspecified atom stereocenters. The van der Waals surface area contributed by atoms with Crippen molar-refractivity contribution in [2.24, 2.45) is 0 Å². The molecule has 0 N–H and O–H groups in total. The van der Waals surface area contributed by atoms with Gasteiger partial charge in [-0.1, -0.05) is 63.6 Å². The van der Waals surface area contributed by atoms with Crippen molar-refractivity contribution in [1.29, 1.82) is 0 Å². The molecule has 0 aromatic rings. The molecular weight excluding hydrogens is 224 g/mol. The molecule has 0 bridgehead atoms. The van der Waals surface area contributed by atoms with Crippen LogP contribution in [0, 0.1) is 0 Å². The Kier molecular flexibility index (Phi) is 7.24. The summed E-state index contributed by atoms with van der Waals surface area (Å²) in [6.07, 6.45) is 11.9. The first-order chi connectivity index (χ1) is 7.21. The molecule has 0 nitrogen and oxygen atoms in total. The minimum Gasteiger partial charge on any atom is -0.0912 e. The Hall–Kier alpha value is -0.0862. The summed E-state index contributed by atoms with van der Waals surface area (Å²) in [5.74, 6) is 0. The van der Waals surface area contributed by atoms with Crippen LogP contribution in [0.3, 0.4) is 0 Å². The molecule has 0 amide bonds. The SMILES string of the molecule is C[Si](C)(C)CC=CCCC=CC[Si](C)(C)C. The maximum atomic E-state index is 2.42. The zero-order valence-corrected chi connectivity index (χ0v) is 14.1. The van der Waals surface area contributed by atoms with Crippen molar-refractivity contribution in [2.75, 3.05) is 0 Å². The molecule has 0 saturated carbocycles. The van der Waals surface area contributed by atoms with E-state index in [1.54, 1.807) is 0 Å². The van der Waals surface area contributed by atoms with Crippen LogP contribution in [0.2, 0.25) is 51.4 Å². The van der Waals surface area contributed by atoms with Crippen molar-refractivity contribution < 1.29 is 0 Å². The predicted octanol–water partition coefficient (Wildman–Crippen LogP) is 5.56. The molecule has 0 aliphatic carbocycles. The van der Waals surface area contributed by atoms with Gasteiger partial charge in [0.1, 0.15) is 0 Å². The lowest BCUT2D eigenvalue weighted by Gasteiger charge is -2.11. The highest BCUT2D eigenvalue weighted by atomic mass is 28.3. The van der Waals surface area contributed by atoms with Crippen LogP contribution in [-0.4, -0.2) is 16.1 Å². The quantitative estimate of drug-likeness (QED) is 0.317. The van der Waals surface area contributed by atoms with Crippen molar-refractivity contribution in [1.82, 2.24) is 0 Å². The molecule has 0 aliphatic rings. The molecule has 0 heterocycles. The molecule has 0 aliphatic heterocycles. The van der Waals surface area contributed by atoms with Gasteiger partial charge in [-0.2, -0.15) is 0 Å². The molecule has 0 atom stereocenters.